The minimum atomic E-state index is -0.647. The molecule has 4 rings (SSSR count). The Bertz CT molecular complexity index is 1350. The number of pyridine rings is 1. The van der Waals surface area contributed by atoms with Gasteiger partial charge in [0.2, 0.25) is 11.8 Å². The van der Waals surface area contributed by atoms with Gasteiger partial charge >= 0.3 is 11.6 Å². The van der Waals surface area contributed by atoms with Crippen LogP contribution in [0.25, 0.3) is 11.0 Å². The lowest BCUT2D eigenvalue weighted by atomic mass is 10.00. The minimum Gasteiger partial charge on any atom is -0.481 e. The van der Waals surface area contributed by atoms with Gasteiger partial charge in [0.1, 0.15) is 11.3 Å². The fourth-order valence-corrected chi connectivity index (χ4v) is 3.22. The lowest BCUT2D eigenvalue weighted by Crippen LogP contribution is -2.12. The number of anilines is 1. The van der Waals surface area contributed by atoms with E-state index in [2.05, 4.69) is 15.0 Å². The lowest BCUT2D eigenvalue weighted by Gasteiger charge is -2.11. The van der Waals surface area contributed by atoms with Crippen molar-refractivity contribution in [1.29, 1.82) is 0 Å². The van der Waals surface area contributed by atoms with E-state index in [1.807, 2.05) is 0 Å². The summed E-state index contributed by atoms with van der Waals surface area (Å²) < 4.78 is 35.7. The van der Waals surface area contributed by atoms with Crippen molar-refractivity contribution in [1.82, 2.24) is 15.0 Å². The summed E-state index contributed by atoms with van der Waals surface area (Å²) in [5.41, 5.74) is 6.54. The number of aromatic nitrogens is 3. The average Bonchev–Trinajstić information content (AvgIpc) is 2.78. The Morgan fingerprint density at radius 3 is 2.62 bits per heavy atom. The number of fused-ring (bicyclic) bond motifs is 1. The van der Waals surface area contributed by atoms with E-state index in [0.717, 1.165) is 0 Å². The molecule has 0 saturated carbocycles. The highest BCUT2D eigenvalue weighted by atomic mass is 19.1. The van der Waals surface area contributed by atoms with Gasteiger partial charge in [-0.05, 0) is 36.2 Å². The maximum absolute atomic E-state index is 14.3. The van der Waals surface area contributed by atoms with Crippen molar-refractivity contribution in [2.75, 3.05) is 20.0 Å². The number of hydrogen-bond acceptors (Lipinski definition) is 9. The molecule has 3 heterocycles. The number of halogens is 1. The van der Waals surface area contributed by atoms with Gasteiger partial charge < -0.3 is 24.4 Å². The number of nitrogens with zero attached hydrogens (tertiary/aromatic N) is 3. The highest BCUT2D eigenvalue weighted by molar-refractivity contribution is 5.82. The standard InChI is InChI=1S/C22H19FN4O5/c1-11-14-5-4-13(31-18-10-17(29-2)26-22(27-18)30-3)9-16(14)32-21(28)15(11)8-12-6-7-25-20(24)19(12)23/h4-7,9-10H,8H2,1-3H3,(H2,24,25). The normalized spacial score (nSPS) is 10.9. The van der Waals surface area contributed by atoms with Crippen LogP contribution in [0.5, 0.6) is 23.5 Å². The molecule has 0 atom stereocenters. The summed E-state index contributed by atoms with van der Waals surface area (Å²) in [5.74, 6) is -0.0300. The third-order valence-corrected chi connectivity index (χ3v) is 4.89. The molecule has 0 radical (unpaired) electrons. The molecule has 0 spiro atoms. The number of nitrogens with two attached hydrogens (primary N) is 1. The van der Waals surface area contributed by atoms with Crippen LogP contribution in [0.3, 0.4) is 0 Å². The smallest absolute Gasteiger partial charge is 0.340 e. The molecule has 32 heavy (non-hydrogen) atoms. The zero-order chi connectivity index (χ0) is 22.8. The van der Waals surface area contributed by atoms with Crippen LogP contribution in [0, 0.1) is 12.7 Å². The van der Waals surface area contributed by atoms with Crippen molar-refractivity contribution in [3.63, 3.8) is 0 Å². The summed E-state index contributed by atoms with van der Waals surface area (Å²) in [6.45, 7) is 1.78. The first-order valence-corrected chi connectivity index (χ1v) is 9.49. The molecule has 0 amide bonds. The first-order chi connectivity index (χ1) is 15.4. The Morgan fingerprint density at radius 2 is 1.88 bits per heavy atom. The van der Waals surface area contributed by atoms with E-state index < -0.39 is 11.4 Å². The van der Waals surface area contributed by atoms with Crippen LogP contribution in [-0.2, 0) is 6.42 Å². The van der Waals surface area contributed by atoms with E-state index in [4.69, 9.17) is 24.4 Å². The first-order valence-electron chi connectivity index (χ1n) is 9.49. The van der Waals surface area contributed by atoms with Gasteiger partial charge in [0, 0.05) is 29.6 Å². The molecule has 0 unspecified atom stereocenters. The minimum absolute atomic E-state index is 0.0292. The second-order valence-electron chi connectivity index (χ2n) is 6.83. The molecule has 1 aromatic carbocycles. The fourth-order valence-electron chi connectivity index (χ4n) is 3.22. The molecule has 10 heteroatoms. The van der Waals surface area contributed by atoms with E-state index in [1.54, 1.807) is 25.1 Å². The zero-order valence-corrected chi connectivity index (χ0v) is 17.5. The number of nitrogen functional groups attached to an aromatic ring is 1. The van der Waals surface area contributed by atoms with E-state index in [-0.39, 0.29) is 35.6 Å². The largest absolute Gasteiger partial charge is 0.481 e. The van der Waals surface area contributed by atoms with Crippen LogP contribution in [0.2, 0.25) is 0 Å². The third kappa shape index (κ3) is 4.02. The predicted octanol–water partition coefficient (Wildman–Crippen LogP) is 3.41. The summed E-state index contributed by atoms with van der Waals surface area (Å²) >= 11 is 0. The summed E-state index contributed by atoms with van der Waals surface area (Å²) in [4.78, 5) is 24.5. The molecule has 0 aliphatic heterocycles. The van der Waals surface area contributed by atoms with Gasteiger partial charge in [-0.3, -0.25) is 0 Å². The number of ether oxygens (including phenoxy) is 3. The molecular weight excluding hydrogens is 419 g/mol. The Kier molecular flexibility index (Phi) is 5.59. The summed E-state index contributed by atoms with van der Waals surface area (Å²) in [6, 6.07) is 8.07. The van der Waals surface area contributed by atoms with E-state index in [9.17, 15) is 9.18 Å². The Balaban J connectivity index is 1.70. The van der Waals surface area contributed by atoms with Crippen LogP contribution in [-0.4, -0.2) is 29.2 Å². The average molecular weight is 438 g/mol. The van der Waals surface area contributed by atoms with Gasteiger partial charge in [0.25, 0.3) is 0 Å². The number of methoxy groups -OCH3 is 2. The van der Waals surface area contributed by atoms with E-state index in [1.165, 1.54) is 32.5 Å². The molecule has 4 aromatic rings. The number of hydrogen-bond donors (Lipinski definition) is 1. The Morgan fingerprint density at radius 1 is 1.09 bits per heavy atom. The molecule has 2 N–H and O–H groups in total. The van der Waals surface area contributed by atoms with Crippen molar-refractivity contribution in [2.24, 2.45) is 0 Å². The third-order valence-electron chi connectivity index (χ3n) is 4.89. The maximum atomic E-state index is 14.3. The van der Waals surface area contributed by atoms with Gasteiger partial charge in [-0.15, -0.1) is 0 Å². The Labute approximate surface area is 181 Å². The van der Waals surface area contributed by atoms with Crippen molar-refractivity contribution >= 4 is 16.8 Å². The molecule has 0 aliphatic carbocycles. The van der Waals surface area contributed by atoms with Gasteiger partial charge in [-0.1, -0.05) is 0 Å². The van der Waals surface area contributed by atoms with Gasteiger partial charge in [0.15, 0.2) is 11.6 Å². The fraction of sp³-hybridized carbons (Fsp3) is 0.182. The molecule has 9 nitrogen and oxygen atoms in total. The van der Waals surface area contributed by atoms with Gasteiger partial charge in [-0.2, -0.15) is 9.97 Å². The van der Waals surface area contributed by atoms with Crippen LogP contribution in [0.15, 0.2) is 45.7 Å². The van der Waals surface area contributed by atoms with Crippen molar-refractivity contribution < 1.29 is 23.0 Å². The Hall–Kier alpha value is -4.21. The molecule has 0 saturated heterocycles. The highest BCUT2D eigenvalue weighted by Crippen LogP contribution is 2.29. The van der Waals surface area contributed by atoms with Crippen molar-refractivity contribution in [3.05, 3.63) is 69.5 Å². The quantitative estimate of drug-likeness (QED) is 0.451. The van der Waals surface area contributed by atoms with E-state index >= 15 is 0 Å². The highest BCUT2D eigenvalue weighted by Gasteiger charge is 2.16. The summed E-state index contributed by atoms with van der Waals surface area (Å²) in [7, 11) is 2.89. The summed E-state index contributed by atoms with van der Waals surface area (Å²) in [6.07, 6.45) is 1.42. The van der Waals surface area contributed by atoms with E-state index in [0.29, 0.717) is 27.8 Å². The number of aryl methyl sites for hydroxylation is 1. The van der Waals surface area contributed by atoms with Crippen LogP contribution >= 0.6 is 0 Å². The second-order valence-corrected chi connectivity index (χ2v) is 6.83. The first kappa shape index (κ1) is 21.0. The number of rotatable bonds is 6. The molecule has 0 fully saturated rings. The van der Waals surface area contributed by atoms with Crippen LogP contribution in [0.1, 0.15) is 16.7 Å². The van der Waals surface area contributed by atoms with Crippen LogP contribution < -0.4 is 25.6 Å². The molecule has 0 bridgehead atoms. The molecule has 3 aromatic heterocycles. The molecule has 164 valence electrons. The van der Waals surface area contributed by atoms with Crippen molar-refractivity contribution in [2.45, 2.75) is 13.3 Å². The predicted molar refractivity (Wildman–Crippen MR) is 114 cm³/mol. The van der Waals surface area contributed by atoms with Gasteiger partial charge in [0.05, 0.1) is 20.3 Å². The topological polar surface area (TPSA) is 123 Å². The maximum Gasteiger partial charge on any atom is 0.340 e. The SMILES string of the molecule is COc1cc(Oc2ccc3c(C)c(Cc4ccnc(N)c4F)c(=O)oc3c2)nc(OC)n1. The number of benzene rings is 1. The summed E-state index contributed by atoms with van der Waals surface area (Å²) in [5, 5.41) is 0.687. The van der Waals surface area contributed by atoms with Crippen LogP contribution in [0.4, 0.5) is 10.2 Å². The van der Waals surface area contributed by atoms with Gasteiger partial charge in [-0.25, -0.2) is 14.2 Å². The molecule has 0 aliphatic rings. The monoisotopic (exact) mass is 438 g/mol. The lowest BCUT2D eigenvalue weighted by molar-refractivity contribution is 0.339. The van der Waals surface area contributed by atoms with Crippen molar-refractivity contribution in [3.8, 4) is 23.5 Å². The molecular formula is C22H19FN4O5. The zero-order valence-electron chi connectivity index (χ0n) is 17.5. The second kappa shape index (κ2) is 8.50.